The molecule has 3 nitrogen and oxygen atoms in total. The maximum absolute atomic E-state index is 13.1. The molecule has 0 amide bonds. The molecular weight excluding hydrogens is 303 g/mol. The van der Waals surface area contributed by atoms with Crippen LogP contribution in [0.4, 0.5) is 18.9 Å². The van der Waals surface area contributed by atoms with E-state index in [9.17, 15) is 13.2 Å². The van der Waals surface area contributed by atoms with Crippen LogP contribution in [0.15, 0.2) is 41.4 Å². The van der Waals surface area contributed by atoms with Gasteiger partial charge in [-0.2, -0.15) is 0 Å². The number of aliphatic imine (C=N–C) groups is 1. The minimum atomic E-state index is -1.46. The molecule has 0 saturated carbocycles. The van der Waals surface area contributed by atoms with E-state index in [1.54, 1.807) is 0 Å². The molecule has 0 heterocycles. The molecule has 0 fully saturated rings. The van der Waals surface area contributed by atoms with Crippen LogP contribution in [0.2, 0.25) is 0 Å². The first kappa shape index (κ1) is 16.9. The quantitative estimate of drug-likeness (QED) is 0.502. The van der Waals surface area contributed by atoms with Crippen LogP contribution in [0.1, 0.15) is 18.1 Å². The summed E-state index contributed by atoms with van der Waals surface area (Å²) >= 11 is 0. The van der Waals surface area contributed by atoms with Crippen molar-refractivity contribution in [2.24, 2.45) is 10.7 Å². The van der Waals surface area contributed by atoms with E-state index in [-0.39, 0.29) is 18.9 Å². The van der Waals surface area contributed by atoms with E-state index < -0.39 is 17.5 Å². The largest absolute Gasteiger partial charge is 0.370 e. The SMILES string of the molecule is CCc1cccc(NC(N)=NCCc2cc(F)c(F)c(F)c2)c1. The molecule has 2 rings (SSSR count). The van der Waals surface area contributed by atoms with E-state index in [0.29, 0.717) is 5.56 Å². The first-order valence-electron chi connectivity index (χ1n) is 7.29. The number of nitrogens with two attached hydrogens (primary N) is 1. The van der Waals surface area contributed by atoms with Crippen molar-refractivity contribution in [3.63, 3.8) is 0 Å². The summed E-state index contributed by atoms with van der Waals surface area (Å²) in [6, 6.07) is 9.68. The van der Waals surface area contributed by atoms with Gasteiger partial charge in [0.1, 0.15) is 0 Å². The van der Waals surface area contributed by atoms with Gasteiger partial charge in [0.2, 0.25) is 0 Å². The van der Waals surface area contributed by atoms with Crippen molar-refractivity contribution in [1.82, 2.24) is 0 Å². The Bertz CT molecular complexity index is 691. The van der Waals surface area contributed by atoms with Gasteiger partial charge < -0.3 is 11.1 Å². The zero-order chi connectivity index (χ0) is 16.8. The second-order valence-corrected chi connectivity index (χ2v) is 5.07. The van der Waals surface area contributed by atoms with Crippen LogP contribution in [0, 0.1) is 17.5 Å². The second kappa shape index (κ2) is 7.67. The first-order chi connectivity index (χ1) is 11.0. The Hall–Kier alpha value is -2.50. The number of anilines is 1. The molecule has 0 saturated heterocycles. The number of nitrogens with zero attached hydrogens (tertiary/aromatic N) is 1. The van der Waals surface area contributed by atoms with Crippen LogP contribution in [-0.2, 0) is 12.8 Å². The van der Waals surface area contributed by atoms with Crippen molar-refractivity contribution in [2.45, 2.75) is 19.8 Å². The van der Waals surface area contributed by atoms with Crippen LogP contribution >= 0.6 is 0 Å². The molecule has 0 atom stereocenters. The zero-order valence-corrected chi connectivity index (χ0v) is 12.7. The molecule has 2 aromatic carbocycles. The van der Waals surface area contributed by atoms with E-state index in [0.717, 1.165) is 24.2 Å². The lowest BCUT2D eigenvalue weighted by molar-refractivity contribution is 0.445. The maximum atomic E-state index is 13.1. The number of aryl methyl sites for hydroxylation is 1. The average molecular weight is 321 g/mol. The van der Waals surface area contributed by atoms with Crippen LogP contribution in [0.3, 0.4) is 0 Å². The van der Waals surface area contributed by atoms with E-state index in [1.165, 1.54) is 5.56 Å². The van der Waals surface area contributed by atoms with Gasteiger partial charge in [-0.1, -0.05) is 19.1 Å². The number of guanidine groups is 1. The third kappa shape index (κ3) is 4.74. The summed E-state index contributed by atoms with van der Waals surface area (Å²) in [4.78, 5) is 4.10. The van der Waals surface area contributed by atoms with Crippen LogP contribution in [0.5, 0.6) is 0 Å². The Labute approximate surface area is 133 Å². The molecular formula is C17H18F3N3. The molecule has 0 aliphatic carbocycles. The smallest absolute Gasteiger partial charge is 0.194 e. The monoisotopic (exact) mass is 321 g/mol. The van der Waals surface area contributed by atoms with Crippen LogP contribution in [0.25, 0.3) is 0 Å². The highest BCUT2D eigenvalue weighted by atomic mass is 19.2. The van der Waals surface area contributed by atoms with Crippen molar-refractivity contribution >= 4 is 11.6 Å². The van der Waals surface area contributed by atoms with E-state index in [4.69, 9.17) is 5.73 Å². The Balaban J connectivity index is 1.94. The lowest BCUT2D eigenvalue weighted by Gasteiger charge is -2.07. The molecule has 0 aliphatic heterocycles. The molecule has 6 heteroatoms. The Morgan fingerprint density at radius 2 is 1.78 bits per heavy atom. The van der Waals surface area contributed by atoms with E-state index >= 15 is 0 Å². The van der Waals surface area contributed by atoms with Crippen molar-refractivity contribution in [1.29, 1.82) is 0 Å². The summed E-state index contributed by atoms with van der Waals surface area (Å²) < 4.78 is 39.1. The molecule has 3 N–H and O–H groups in total. The highest BCUT2D eigenvalue weighted by Gasteiger charge is 2.10. The standard InChI is InChI=1S/C17H18F3N3/c1-2-11-4-3-5-13(8-11)23-17(21)22-7-6-12-9-14(18)16(20)15(19)10-12/h3-5,8-10H,2,6-7H2,1H3,(H3,21,22,23). The van der Waals surface area contributed by atoms with Crippen molar-refractivity contribution < 1.29 is 13.2 Å². The highest BCUT2D eigenvalue weighted by molar-refractivity contribution is 5.92. The molecule has 23 heavy (non-hydrogen) atoms. The summed E-state index contributed by atoms with van der Waals surface area (Å²) in [6.45, 7) is 2.29. The first-order valence-corrected chi connectivity index (χ1v) is 7.29. The van der Waals surface area contributed by atoms with Crippen molar-refractivity contribution in [3.8, 4) is 0 Å². The van der Waals surface area contributed by atoms with Gasteiger partial charge in [-0.25, -0.2) is 13.2 Å². The van der Waals surface area contributed by atoms with Gasteiger partial charge >= 0.3 is 0 Å². The molecule has 0 radical (unpaired) electrons. The normalized spacial score (nSPS) is 11.6. The van der Waals surface area contributed by atoms with Gasteiger partial charge in [0.05, 0.1) is 0 Å². The molecule has 2 aromatic rings. The summed E-state index contributed by atoms with van der Waals surface area (Å²) in [7, 11) is 0. The minimum absolute atomic E-state index is 0.210. The number of benzene rings is 2. The second-order valence-electron chi connectivity index (χ2n) is 5.07. The third-order valence-corrected chi connectivity index (χ3v) is 3.33. The predicted octanol–water partition coefficient (Wildman–Crippen LogP) is 3.64. The van der Waals surface area contributed by atoms with Crippen molar-refractivity contribution in [3.05, 3.63) is 65.0 Å². The van der Waals surface area contributed by atoms with Gasteiger partial charge in [0, 0.05) is 12.2 Å². The fourth-order valence-electron chi connectivity index (χ4n) is 2.11. The Kier molecular flexibility index (Phi) is 5.62. The number of halogens is 3. The average Bonchev–Trinajstić information content (AvgIpc) is 2.52. The summed E-state index contributed by atoms with van der Waals surface area (Å²) in [5, 5.41) is 2.95. The van der Waals surface area contributed by atoms with E-state index in [1.807, 2.05) is 24.3 Å². The van der Waals surface area contributed by atoms with Crippen LogP contribution in [-0.4, -0.2) is 12.5 Å². The third-order valence-electron chi connectivity index (χ3n) is 3.33. The summed E-state index contributed by atoms with van der Waals surface area (Å²) in [5.74, 6) is -3.66. The number of nitrogens with one attached hydrogen (secondary N) is 1. The molecule has 0 unspecified atom stereocenters. The fourth-order valence-corrected chi connectivity index (χ4v) is 2.11. The molecule has 0 aromatic heterocycles. The fraction of sp³-hybridized carbons (Fsp3) is 0.235. The van der Waals surface area contributed by atoms with Gasteiger partial charge in [0.25, 0.3) is 0 Å². The molecule has 0 aliphatic rings. The lowest BCUT2D eigenvalue weighted by Crippen LogP contribution is -2.23. The minimum Gasteiger partial charge on any atom is -0.370 e. The molecule has 0 bridgehead atoms. The van der Waals surface area contributed by atoms with Crippen molar-refractivity contribution in [2.75, 3.05) is 11.9 Å². The van der Waals surface area contributed by atoms with Crippen LogP contribution < -0.4 is 11.1 Å². The zero-order valence-electron chi connectivity index (χ0n) is 12.7. The lowest BCUT2D eigenvalue weighted by atomic mass is 10.1. The number of rotatable bonds is 5. The van der Waals surface area contributed by atoms with Gasteiger partial charge in [-0.05, 0) is 48.2 Å². The highest BCUT2D eigenvalue weighted by Crippen LogP contribution is 2.14. The van der Waals surface area contributed by atoms with Gasteiger partial charge in [-0.15, -0.1) is 0 Å². The Morgan fingerprint density at radius 1 is 1.09 bits per heavy atom. The maximum Gasteiger partial charge on any atom is 0.194 e. The Morgan fingerprint density at radius 3 is 2.43 bits per heavy atom. The molecule has 122 valence electrons. The topological polar surface area (TPSA) is 50.4 Å². The number of hydrogen-bond acceptors (Lipinski definition) is 1. The summed E-state index contributed by atoms with van der Waals surface area (Å²) in [5.41, 5.74) is 8.09. The molecule has 0 spiro atoms. The van der Waals surface area contributed by atoms with Gasteiger partial charge in [-0.3, -0.25) is 4.99 Å². The predicted molar refractivity (Wildman–Crippen MR) is 86.0 cm³/mol. The number of hydrogen-bond donors (Lipinski definition) is 2. The summed E-state index contributed by atoms with van der Waals surface area (Å²) in [6.07, 6.45) is 1.17. The van der Waals surface area contributed by atoms with Gasteiger partial charge in [0.15, 0.2) is 23.4 Å². The van der Waals surface area contributed by atoms with E-state index in [2.05, 4.69) is 17.2 Å².